The first-order valence-corrected chi connectivity index (χ1v) is 6.47. The number of anilines is 2. The maximum Gasteiger partial charge on any atom is 0.196 e. The van der Waals surface area contributed by atoms with E-state index >= 15 is 0 Å². The van der Waals surface area contributed by atoms with Crippen LogP contribution in [0.4, 0.5) is 11.6 Å². The summed E-state index contributed by atoms with van der Waals surface area (Å²) in [6.07, 6.45) is 2.05. The highest BCUT2D eigenvalue weighted by Gasteiger charge is 2.07. The van der Waals surface area contributed by atoms with Crippen molar-refractivity contribution in [2.24, 2.45) is 0 Å². The van der Waals surface area contributed by atoms with E-state index < -0.39 is 0 Å². The predicted molar refractivity (Wildman–Crippen MR) is 73.8 cm³/mol. The van der Waals surface area contributed by atoms with Gasteiger partial charge in [-0.1, -0.05) is 6.92 Å². The molecule has 7 heteroatoms. The SMILES string of the molecule is CCC(=O)c1ccc(Sc2nc(N)cc(N)n2)cn1. The van der Waals surface area contributed by atoms with Crippen LogP contribution in [-0.2, 0) is 0 Å². The number of carbonyl (C=O) groups excluding carboxylic acids is 1. The summed E-state index contributed by atoms with van der Waals surface area (Å²) in [6, 6.07) is 4.97. The van der Waals surface area contributed by atoms with Crippen LogP contribution in [-0.4, -0.2) is 20.7 Å². The highest BCUT2D eigenvalue weighted by atomic mass is 32.2. The molecule has 0 spiro atoms. The van der Waals surface area contributed by atoms with E-state index in [9.17, 15) is 4.79 Å². The summed E-state index contributed by atoms with van der Waals surface area (Å²) >= 11 is 1.29. The lowest BCUT2D eigenvalue weighted by atomic mass is 10.2. The molecule has 19 heavy (non-hydrogen) atoms. The third kappa shape index (κ3) is 3.41. The summed E-state index contributed by atoms with van der Waals surface area (Å²) in [5.74, 6) is 0.655. The Balaban J connectivity index is 2.17. The number of nitrogen functional groups attached to an aromatic ring is 2. The third-order valence-corrected chi connectivity index (χ3v) is 3.14. The Morgan fingerprint density at radius 1 is 1.26 bits per heavy atom. The van der Waals surface area contributed by atoms with E-state index in [4.69, 9.17) is 11.5 Å². The average Bonchev–Trinajstić information content (AvgIpc) is 2.37. The number of nitrogens with zero attached hydrogens (tertiary/aromatic N) is 3. The number of carbonyl (C=O) groups is 1. The molecule has 98 valence electrons. The molecule has 0 saturated carbocycles. The van der Waals surface area contributed by atoms with E-state index in [1.165, 1.54) is 17.8 Å². The Kier molecular flexibility index (Phi) is 3.96. The van der Waals surface area contributed by atoms with Gasteiger partial charge < -0.3 is 11.5 Å². The van der Waals surface area contributed by atoms with Gasteiger partial charge in [0.05, 0.1) is 0 Å². The minimum atomic E-state index is 0.0148. The fourth-order valence-corrected chi connectivity index (χ4v) is 2.15. The highest BCUT2D eigenvalue weighted by molar-refractivity contribution is 7.99. The fourth-order valence-electron chi connectivity index (χ4n) is 1.40. The molecule has 0 aliphatic heterocycles. The molecule has 0 radical (unpaired) electrons. The van der Waals surface area contributed by atoms with Crippen molar-refractivity contribution in [2.45, 2.75) is 23.4 Å². The molecule has 0 aromatic carbocycles. The monoisotopic (exact) mass is 275 g/mol. The van der Waals surface area contributed by atoms with Crippen LogP contribution in [0.2, 0.25) is 0 Å². The van der Waals surface area contributed by atoms with Crippen molar-refractivity contribution in [3.05, 3.63) is 30.1 Å². The number of aromatic nitrogens is 3. The van der Waals surface area contributed by atoms with Gasteiger partial charge >= 0.3 is 0 Å². The van der Waals surface area contributed by atoms with Crippen molar-refractivity contribution in [1.29, 1.82) is 0 Å². The van der Waals surface area contributed by atoms with Crippen LogP contribution in [0.1, 0.15) is 23.8 Å². The van der Waals surface area contributed by atoms with Gasteiger partial charge in [-0.25, -0.2) is 9.97 Å². The summed E-state index contributed by atoms with van der Waals surface area (Å²) in [5, 5.41) is 0.453. The lowest BCUT2D eigenvalue weighted by Gasteiger charge is -2.03. The van der Waals surface area contributed by atoms with E-state index in [2.05, 4.69) is 15.0 Å². The number of hydrogen-bond acceptors (Lipinski definition) is 7. The number of hydrogen-bond donors (Lipinski definition) is 2. The molecule has 2 heterocycles. The van der Waals surface area contributed by atoms with E-state index in [0.29, 0.717) is 28.9 Å². The van der Waals surface area contributed by atoms with Gasteiger partial charge in [-0.05, 0) is 23.9 Å². The first kappa shape index (κ1) is 13.3. The smallest absolute Gasteiger partial charge is 0.196 e. The number of rotatable bonds is 4. The van der Waals surface area contributed by atoms with Gasteiger partial charge in [-0.15, -0.1) is 0 Å². The number of Topliss-reactive ketones (excluding diaryl/α,β-unsaturated/α-hetero) is 1. The van der Waals surface area contributed by atoms with Crippen molar-refractivity contribution in [2.75, 3.05) is 11.5 Å². The first-order valence-electron chi connectivity index (χ1n) is 5.65. The van der Waals surface area contributed by atoms with E-state index in [1.807, 2.05) is 0 Å². The van der Waals surface area contributed by atoms with Crippen molar-refractivity contribution in [3.8, 4) is 0 Å². The molecular weight excluding hydrogens is 262 g/mol. The maximum absolute atomic E-state index is 11.4. The first-order chi connectivity index (χ1) is 9.08. The molecule has 0 fully saturated rings. The maximum atomic E-state index is 11.4. The van der Waals surface area contributed by atoms with Gasteiger partial charge in [0, 0.05) is 23.6 Å². The molecule has 0 aliphatic rings. The molecule has 0 atom stereocenters. The number of ketones is 1. The minimum absolute atomic E-state index is 0.0148. The standard InChI is InChI=1S/C12H13N5OS/c1-2-9(18)8-4-3-7(6-15-8)19-12-16-10(13)5-11(14)17-12/h3-6H,2H2,1H3,(H4,13,14,16,17). The van der Waals surface area contributed by atoms with Gasteiger partial charge in [0.15, 0.2) is 10.9 Å². The zero-order valence-electron chi connectivity index (χ0n) is 10.3. The molecule has 2 aromatic rings. The van der Waals surface area contributed by atoms with Crippen LogP contribution < -0.4 is 11.5 Å². The van der Waals surface area contributed by atoms with Gasteiger partial charge in [0.1, 0.15) is 17.3 Å². The van der Waals surface area contributed by atoms with Crippen LogP contribution in [0.3, 0.4) is 0 Å². The Morgan fingerprint density at radius 3 is 2.47 bits per heavy atom. The molecular formula is C12H13N5OS. The van der Waals surface area contributed by atoms with Crippen molar-refractivity contribution in [3.63, 3.8) is 0 Å². The second-order valence-electron chi connectivity index (χ2n) is 3.76. The Hall–Kier alpha value is -2.15. The normalized spacial score (nSPS) is 10.4. The predicted octanol–water partition coefficient (Wildman–Crippen LogP) is 1.78. The van der Waals surface area contributed by atoms with Gasteiger partial charge in [0.2, 0.25) is 0 Å². The topological polar surface area (TPSA) is 108 Å². The van der Waals surface area contributed by atoms with Crippen molar-refractivity contribution >= 4 is 29.2 Å². The lowest BCUT2D eigenvalue weighted by Crippen LogP contribution is -2.00. The summed E-state index contributed by atoms with van der Waals surface area (Å²) in [5.41, 5.74) is 11.6. The highest BCUT2D eigenvalue weighted by Crippen LogP contribution is 2.25. The molecule has 2 rings (SSSR count). The largest absolute Gasteiger partial charge is 0.383 e. The van der Waals surface area contributed by atoms with Crippen LogP contribution in [0.15, 0.2) is 34.4 Å². The van der Waals surface area contributed by atoms with Gasteiger partial charge in [0.25, 0.3) is 0 Å². The molecule has 6 nitrogen and oxygen atoms in total. The second-order valence-corrected chi connectivity index (χ2v) is 4.80. The summed E-state index contributed by atoms with van der Waals surface area (Å²) in [7, 11) is 0. The minimum Gasteiger partial charge on any atom is -0.383 e. The van der Waals surface area contributed by atoms with E-state index in [0.717, 1.165) is 4.90 Å². The summed E-state index contributed by atoms with van der Waals surface area (Å²) in [4.78, 5) is 24.5. The lowest BCUT2D eigenvalue weighted by molar-refractivity contribution is 0.0983. The van der Waals surface area contributed by atoms with Gasteiger partial charge in [-0.3, -0.25) is 9.78 Å². The third-order valence-electron chi connectivity index (χ3n) is 2.30. The molecule has 2 aromatic heterocycles. The Morgan fingerprint density at radius 2 is 1.95 bits per heavy atom. The van der Waals surface area contributed by atoms with Crippen LogP contribution in [0.5, 0.6) is 0 Å². The zero-order chi connectivity index (χ0) is 13.8. The number of pyridine rings is 1. The average molecular weight is 275 g/mol. The Bertz CT molecular complexity index is 579. The van der Waals surface area contributed by atoms with Crippen molar-refractivity contribution < 1.29 is 4.79 Å². The van der Waals surface area contributed by atoms with Crippen LogP contribution >= 0.6 is 11.8 Å². The fraction of sp³-hybridized carbons (Fsp3) is 0.167. The van der Waals surface area contributed by atoms with Gasteiger partial charge in [-0.2, -0.15) is 0 Å². The second kappa shape index (κ2) is 5.66. The van der Waals surface area contributed by atoms with Crippen LogP contribution in [0, 0.1) is 0 Å². The summed E-state index contributed by atoms with van der Waals surface area (Å²) < 4.78 is 0. The molecule has 0 amide bonds. The Labute approximate surface area is 114 Å². The molecule has 0 aliphatic carbocycles. The molecule has 0 bridgehead atoms. The van der Waals surface area contributed by atoms with Crippen LogP contribution in [0.25, 0.3) is 0 Å². The van der Waals surface area contributed by atoms with E-state index in [1.54, 1.807) is 25.3 Å². The number of nitrogens with two attached hydrogens (primary N) is 2. The molecule has 4 N–H and O–H groups in total. The van der Waals surface area contributed by atoms with Crippen molar-refractivity contribution in [1.82, 2.24) is 15.0 Å². The zero-order valence-corrected chi connectivity index (χ0v) is 11.1. The summed E-state index contributed by atoms with van der Waals surface area (Å²) in [6.45, 7) is 1.80. The van der Waals surface area contributed by atoms with E-state index in [-0.39, 0.29) is 5.78 Å². The molecule has 0 saturated heterocycles. The quantitative estimate of drug-likeness (QED) is 0.646. The molecule has 0 unspecified atom stereocenters.